The molecule has 1 fully saturated rings. The number of halogens is 1. The van der Waals surface area contributed by atoms with Crippen molar-refractivity contribution >= 4 is 50.2 Å². The lowest BCUT2D eigenvalue weighted by atomic mass is 9.90. The molecule has 10 nitrogen and oxygen atoms in total. The molecule has 11 heteroatoms. The van der Waals surface area contributed by atoms with Gasteiger partial charge in [0.2, 0.25) is 11.8 Å². The van der Waals surface area contributed by atoms with Crippen LogP contribution in [0.2, 0.25) is 0 Å². The monoisotopic (exact) mass is 589 g/mol. The number of Topliss-reactive ketones (excluding diaryl/α,β-unsaturated/α-hetero) is 1. The first-order chi connectivity index (χ1) is 18.5. The van der Waals surface area contributed by atoms with Gasteiger partial charge in [0.25, 0.3) is 0 Å². The number of hydrogen-bond donors (Lipinski definition) is 1. The smallest absolute Gasteiger partial charge is 0.248 e. The van der Waals surface area contributed by atoms with Crippen LogP contribution >= 0.6 is 15.9 Å². The van der Waals surface area contributed by atoms with Crippen molar-refractivity contribution in [2.45, 2.75) is 46.7 Å². The molecule has 1 atom stereocenters. The molecular weight excluding hydrogens is 562 g/mol. The molecule has 1 saturated heterocycles. The third kappa shape index (κ3) is 5.58. The number of fused-ring (bicyclic) bond motifs is 1. The summed E-state index contributed by atoms with van der Waals surface area (Å²) >= 11 is 3.31. The third-order valence-corrected chi connectivity index (χ3v) is 7.23. The van der Waals surface area contributed by atoms with Gasteiger partial charge in [-0.2, -0.15) is 5.10 Å². The van der Waals surface area contributed by atoms with E-state index >= 15 is 0 Å². The van der Waals surface area contributed by atoms with Gasteiger partial charge in [-0.05, 0) is 64.5 Å². The van der Waals surface area contributed by atoms with Gasteiger partial charge in [-0.25, -0.2) is 15.0 Å². The molecule has 1 aliphatic rings. The molecule has 0 bridgehead atoms. The second kappa shape index (κ2) is 10.3. The minimum atomic E-state index is -0.657. The molecule has 39 heavy (non-hydrogen) atoms. The molecule has 3 aromatic heterocycles. The Kier molecular flexibility index (Phi) is 7.02. The third-order valence-electron chi connectivity index (χ3n) is 6.79. The van der Waals surface area contributed by atoms with Gasteiger partial charge in [0.15, 0.2) is 5.78 Å². The van der Waals surface area contributed by atoms with Gasteiger partial charge in [-0.3, -0.25) is 19.1 Å². The maximum absolute atomic E-state index is 13.6. The summed E-state index contributed by atoms with van der Waals surface area (Å²) in [6.45, 7) is 7.65. The fourth-order valence-corrected chi connectivity index (χ4v) is 5.30. The van der Waals surface area contributed by atoms with Crippen molar-refractivity contribution in [2.24, 2.45) is 5.41 Å². The number of carbonyl (C=O) groups excluding carboxylic acids is 3. The number of pyridine rings is 1. The molecule has 5 rings (SSSR count). The lowest BCUT2D eigenvalue weighted by molar-refractivity contribution is -0.137. The highest BCUT2D eigenvalue weighted by Gasteiger charge is 2.43. The highest BCUT2D eigenvalue weighted by atomic mass is 79.9. The van der Waals surface area contributed by atoms with Crippen molar-refractivity contribution < 1.29 is 14.4 Å². The van der Waals surface area contributed by atoms with Gasteiger partial charge >= 0.3 is 0 Å². The number of anilines is 1. The molecule has 0 unspecified atom stereocenters. The van der Waals surface area contributed by atoms with E-state index in [0.29, 0.717) is 40.1 Å². The molecule has 4 aromatic rings. The first kappa shape index (κ1) is 26.6. The van der Waals surface area contributed by atoms with E-state index < -0.39 is 6.04 Å². The average molecular weight is 590 g/mol. The van der Waals surface area contributed by atoms with Crippen LogP contribution in [0.1, 0.15) is 43.5 Å². The van der Waals surface area contributed by atoms with Crippen molar-refractivity contribution in [3.8, 4) is 11.1 Å². The largest absolute Gasteiger partial charge is 0.328 e. The molecule has 0 aliphatic carbocycles. The van der Waals surface area contributed by atoms with Crippen molar-refractivity contribution in [1.29, 1.82) is 0 Å². The van der Waals surface area contributed by atoms with E-state index in [9.17, 15) is 14.4 Å². The van der Waals surface area contributed by atoms with Gasteiger partial charge < -0.3 is 10.2 Å². The first-order valence-corrected chi connectivity index (χ1v) is 13.3. The van der Waals surface area contributed by atoms with Crippen LogP contribution in [0.3, 0.4) is 0 Å². The molecule has 1 N–H and O–H groups in total. The number of hydrogen-bond acceptors (Lipinski definition) is 7. The second-order valence-electron chi connectivity index (χ2n) is 10.6. The predicted molar refractivity (Wildman–Crippen MR) is 150 cm³/mol. The minimum absolute atomic E-state index is 0.105. The first-order valence-electron chi connectivity index (χ1n) is 12.5. The Labute approximate surface area is 234 Å². The van der Waals surface area contributed by atoms with Gasteiger partial charge in [0.1, 0.15) is 34.5 Å². The van der Waals surface area contributed by atoms with Crippen molar-refractivity contribution in [1.82, 2.24) is 29.6 Å². The van der Waals surface area contributed by atoms with E-state index in [1.165, 1.54) is 6.92 Å². The molecule has 2 amide bonds. The van der Waals surface area contributed by atoms with Gasteiger partial charge in [-0.15, -0.1) is 0 Å². The SMILES string of the molecule is CC(=O)c1nn(CC(=O)N2CC(C)(C)C[C@H]2C(=O)Nc2cccc(Br)n2)c2ccc(-c3cnc(C)nc3)cc12. The molecule has 1 aliphatic heterocycles. The Hall–Kier alpha value is -3.99. The van der Waals surface area contributed by atoms with Crippen molar-refractivity contribution in [3.05, 3.63) is 64.9 Å². The van der Waals surface area contributed by atoms with Gasteiger partial charge in [-0.1, -0.05) is 26.0 Å². The molecule has 200 valence electrons. The topological polar surface area (TPSA) is 123 Å². The second-order valence-corrected chi connectivity index (χ2v) is 11.4. The van der Waals surface area contributed by atoms with E-state index in [1.54, 1.807) is 40.2 Å². The Morgan fingerprint density at radius 2 is 1.85 bits per heavy atom. The van der Waals surface area contributed by atoms with Crippen molar-refractivity contribution in [2.75, 3.05) is 11.9 Å². The number of rotatable bonds is 6. The highest BCUT2D eigenvalue weighted by molar-refractivity contribution is 9.10. The number of likely N-dealkylation sites (tertiary alicyclic amines) is 1. The van der Waals surface area contributed by atoms with Crippen LogP contribution in [-0.4, -0.2) is 59.8 Å². The maximum Gasteiger partial charge on any atom is 0.248 e. The Balaban J connectivity index is 1.43. The maximum atomic E-state index is 13.6. The summed E-state index contributed by atoms with van der Waals surface area (Å²) in [6.07, 6.45) is 3.98. The van der Waals surface area contributed by atoms with E-state index in [-0.39, 0.29) is 35.3 Å². The Bertz CT molecular complexity index is 1600. The van der Waals surface area contributed by atoms with Gasteiger partial charge in [0, 0.05) is 36.8 Å². The zero-order valence-corrected chi connectivity index (χ0v) is 23.7. The summed E-state index contributed by atoms with van der Waals surface area (Å²) in [4.78, 5) is 53.7. The summed E-state index contributed by atoms with van der Waals surface area (Å²) in [5.74, 6) is 0.327. The Morgan fingerprint density at radius 3 is 2.54 bits per heavy atom. The van der Waals surface area contributed by atoms with E-state index in [4.69, 9.17) is 0 Å². The van der Waals surface area contributed by atoms with Gasteiger partial charge in [0.05, 0.1) is 5.52 Å². The van der Waals surface area contributed by atoms with E-state index in [0.717, 1.165) is 11.1 Å². The summed E-state index contributed by atoms with van der Waals surface area (Å²) in [5.41, 5.74) is 2.35. The van der Waals surface area contributed by atoms with E-state index in [1.807, 2.05) is 39.0 Å². The summed E-state index contributed by atoms with van der Waals surface area (Å²) in [7, 11) is 0. The molecule has 1 aromatic carbocycles. The number of ketones is 1. The van der Waals surface area contributed by atoms with Crippen LogP contribution in [0.25, 0.3) is 22.0 Å². The summed E-state index contributed by atoms with van der Waals surface area (Å²) < 4.78 is 2.14. The molecule has 0 radical (unpaired) electrons. The van der Waals surface area contributed by atoms with Crippen LogP contribution < -0.4 is 5.32 Å². The molecule has 0 spiro atoms. The van der Waals surface area contributed by atoms with Crippen LogP contribution in [0.4, 0.5) is 5.82 Å². The normalized spacial score (nSPS) is 16.4. The fourth-order valence-electron chi connectivity index (χ4n) is 4.95. The summed E-state index contributed by atoms with van der Waals surface area (Å²) in [6, 6.07) is 10.2. The standard InChI is InChI=1S/C28H28BrN7O3/c1-16(37)26-20-10-18(19-12-30-17(2)31-13-19)8-9-21(20)36(34-26)14-25(38)35-15-28(3,4)11-22(35)27(39)33-24-7-5-6-23(29)32-24/h5-10,12-13,22H,11,14-15H2,1-4H3,(H,32,33,39)/t22-/m0/s1. The van der Waals surface area contributed by atoms with E-state index in [2.05, 4.69) is 41.3 Å². The number of carbonyl (C=O) groups is 3. The molecular formula is C28H28BrN7O3. The van der Waals surface area contributed by atoms with Crippen LogP contribution in [0, 0.1) is 12.3 Å². The number of nitrogens with one attached hydrogen (secondary N) is 1. The Morgan fingerprint density at radius 1 is 1.10 bits per heavy atom. The molecule has 0 saturated carbocycles. The van der Waals surface area contributed by atoms with Crippen LogP contribution in [0.5, 0.6) is 0 Å². The minimum Gasteiger partial charge on any atom is -0.328 e. The lowest BCUT2D eigenvalue weighted by Crippen LogP contribution is -2.44. The number of aryl methyl sites for hydroxylation is 1. The molecule has 4 heterocycles. The predicted octanol–water partition coefficient (Wildman–Crippen LogP) is 4.43. The van der Waals surface area contributed by atoms with Crippen LogP contribution in [0.15, 0.2) is 53.4 Å². The lowest BCUT2D eigenvalue weighted by Gasteiger charge is -2.24. The summed E-state index contributed by atoms with van der Waals surface area (Å²) in [5, 5.41) is 7.98. The number of benzene rings is 1. The number of nitrogens with zero attached hydrogens (tertiary/aromatic N) is 6. The van der Waals surface area contributed by atoms with Crippen molar-refractivity contribution in [3.63, 3.8) is 0 Å². The quantitative estimate of drug-likeness (QED) is 0.260. The fraction of sp³-hybridized carbons (Fsp3) is 0.321. The zero-order valence-electron chi connectivity index (χ0n) is 22.1. The zero-order chi connectivity index (χ0) is 27.9. The average Bonchev–Trinajstić information content (AvgIpc) is 3.41. The van der Waals surface area contributed by atoms with Crippen LogP contribution in [-0.2, 0) is 16.1 Å². The number of aromatic nitrogens is 5. The number of amides is 2. The highest BCUT2D eigenvalue weighted by Crippen LogP contribution is 2.35.